The third kappa shape index (κ3) is 5.28. The fourth-order valence-electron chi connectivity index (χ4n) is 0.883. The Kier molecular flexibility index (Phi) is 5.46. The van der Waals surface area contributed by atoms with Crippen LogP contribution in [0.3, 0.4) is 0 Å². The highest BCUT2D eigenvalue weighted by Crippen LogP contribution is 2.36. The molecule has 0 spiro atoms. The SMILES string of the molecule is C/C(=C/C=O)CCO[Si](C)(C)C(C)(C)C. The fraction of sp³-hybridized carbons (Fsp3) is 0.750. The van der Waals surface area contributed by atoms with Gasteiger partial charge in [-0.2, -0.15) is 0 Å². The molecule has 0 aromatic rings. The van der Waals surface area contributed by atoms with Gasteiger partial charge in [0, 0.05) is 6.61 Å². The van der Waals surface area contributed by atoms with Gasteiger partial charge in [0.2, 0.25) is 0 Å². The summed E-state index contributed by atoms with van der Waals surface area (Å²) in [6.45, 7) is 13.9. The van der Waals surface area contributed by atoms with Crippen LogP contribution in [0.2, 0.25) is 18.1 Å². The van der Waals surface area contributed by atoms with E-state index in [2.05, 4.69) is 33.9 Å². The molecule has 0 aliphatic rings. The van der Waals surface area contributed by atoms with Crippen molar-refractivity contribution in [3.8, 4) is 0 Å². The van der Waals surface area contributed by atoms with Crippen molar-refractivity contribution in [2.75, 3.05) is 6.61 Å². The summed E-state index contributed by atoms with van der Waals surface area (Å²) in [6.07, 6.45) is 3.29. The smallest absolute Gasteiger partial charge is 0.191 e. The largest absolute Gasteiger partial charge is 0.417 e. The zero-order chi connectivity index (χ0) is 12.1. The van der Waals surface area contributed by atoms with E-state index in [0.717, 1.165) is 24.9 Å². The lowest BCUT2D eigenvalue weighted by atomic mass is 10.2. The highest BCUT2D eigenvalue weighted by Gasteiger charge is 2.36. The van der Waals surface area contributed by atoms with Crippen LogP contribution in [0.5, 0.6) is 0 Å². The minimum Gasteiger partial charge on any atom is -0.417 e. The van der Waals surface area contributed by atoms with E-state index in [0.29, 0.717) is 0 Å². The van der Waals surface area contributed by atoms with Gasteiger partial charge < -0.3 is 4.43 Å². The molecule has 0 saturated carbocycles. The summed E-state index contributed by atoms with van der Waals surface area (Å²) >= 11 is 0. The molecule has 0 fully saturated rings. The Labute approximate surface area is 94.8 Å². The quantitative estimate of drug-likeness (QED) is 0.409. The van der Waals surface area contributed by atoms with Crippen molar-refractivity contribution < 1.29 is 9.22 Å². The van der Waals surface area contributed by atoms with Crippen LogP contribution in [0.25, 0.3) is 0 Å². The Bertz CT molecular complexity index is 236. The van der Waals surface area contributed by atoms with Gasteiger partial charge in [-0.15, -0.1) is 0 Å². The normalized spacial score (nSPS) is 14.1. The van der Waals surface area contributed by atoms with E-state index < -0.39 is 8.32 Å². The molecule has 0 amide bonds. The van der Waals surface area contributed by atoms with Crippen LogP contribution in [0, 0.1) is 0 Å². The van der Waals surface area contributed by atoms with Crippen LogP contribution in [0.1, 0.15) is 34.1 Å². The number of hydrogen-bond acceptors (Lipinski definition) is 2. The monoisotopic (exact) mass is 228 g/mol. The second-order valence-electron chi connectivity index (χ2n) is 5.51. The van der Waals surface area contributed by atoms with Gasteiger partial charge in [0.15, 0.2) is 8.32 Å². The number of rotatable bonds is 5. The van der Waals surface area contributed by atoms with Crippen LogP contribution < -0.4 is 0 Å². The first-order valence-corrected chi connectivity index (χ1v) is 8.36. The van der Waals surface area contributed by atoms with Gasteiger partial charge in [-0.1, -0.05) is 26.3 Å². The molecule has 2 nitrogen and oxygen atoms in total. The highest BCUT2D eigenvalue weighted by atomic mass is 28.4. The molecule has 0 atom stereocenters. The predicted molar refractivity (Wildman–Crippen MR) is 67.6 cm³/mol. The van der Waals surface area contributed by atoms with E-state index in [1.165, 1.54) is 0 Å². The maximum Gasteiger partial charge on any atom is 0.191 e. The van der Waals surface area contributed by atoms with E-state index in [4.69, 9.17) is 4.43 Å². The Morgan fingerprint density at radius 2 is 1.87 bits per heavy atom. The molecule has 0 rings (SSSR count). The van der Waals surface area contributed by atoms with Crippen LogP contribution >= 0.6 is 0 Å². The minimum absolute atomic E-state index is 0.259. The molecule has 0 aromatic heterocycles. The summed E-state index contributed by atoms with van der Waals surface area (Å²) in [5, 5.41) is 0.259. The standard InChI is InChI=1S/C12H24O2Si/c1-11(7-9-13)8-10-14-15(5,6)12(2,3)4/h7,9H,8,10H2,1-6H3/b11-7-. The summed E-state index contributed by atoms with van der Waals surface area (Å²) in [4.78, 5) is 10.2. The summed E-state index contributed by atoms with van der Waals surface area (Å²) in [6, 6.07) is 0. The lowest BCUT2D eigenvalue weighted by molar-refractivity contribution is -0.104. The van der Waals surface area contributed by atoms with Gasteiger partial charge in [0.1, 0.15) is 6.29 Å². The van der Waals surface area contributed by atoms with Gasteiger partial charge >= 0.3 is 0 Å². The average molecular weight is 228 g/mol. The molecule has 0 radical (unpaired) electrons. The zero-order valence-electron chi connectivity index (χ0n) is 10.9. The number of allylic oxidation sites excluding steroid dienone is 1. The van der Waals surface area contributed by atoms with Crippen LogP contribution in [-0.4, -0.2) is 21.2 Å². The van der Waals surface area contributed by atoms with Crippen molar-refractivity contribution in [2.45, 2.75) is 52.2 Å². The molecule has 0 bridgehead atoms. The summed E-state index contributed by atoms with van der Waals surface area (Å²) in [7, 11) is -1.61. The third-order valence-electron chi connectivity index (χ3n) is 3.12. The van der Waals surface area contributed by atoms with Gasteiger partial charge in [-0.25, -0.2) is 0 Å². The van der Waals surface area contributed by atoms with Gasteiger partial charge in [0.25, 0.3) is 0 Å². The van der Waals surface area contributed by atoms with Crippen LogP contribution in [0.15, 0.2) is 11.6 Å². The Hall–Kier alpha value is -0.413. The topological polar surface area (TPSA) is 26.3 Å². The molecular formula is C12H24O2Si. The summed E-state index contributed by atoms with van der Waals surface area (Å²) in [5.74, 6) is 0. The lowest BCUT2D eigenvalue weighted by Gasteiger charge is -2.36. The molecule has 3 heteroatoms. The second kappa shape index (κ2) is 5.61. The molecular weight excluding hydrogens is 204 g/mol. The summed E-state index contributed by atoms with van der Waals surface area (Å²) in [5.41, 5.74) is 1.09. The van der Waals surface area contributed by atoms with Gasteiger partial charge in [-0.05, 0) is 37.6 Å². The van der Waals surface area contributed by atoms with Crippen molar-refractivity contribution in [1.82, 2.24) is 0 Å². The maximum atomic E-state index is 10.2. The average Bonchev–Trinajstić information content (AvgIpc) is 2.01. The lowest BCUT2D eigenvalue weighted by Crippen LogP contribution is -2.41. The first kappa shape index (κ1) is 14.6. The van der Waals surface area contributed by atoms with Gasteiger partial charge in [0.05, 0.1) is 0 Å². The minimum atomic E-state index is -1.61. The van der Waals surface area contributed by atoms with E-state index >= 15 is 0 Å². The molecule has 0 heterocycles. The van der Waals surface area contributed by atoms with Crippen molar-refractivity contribution in [1.29, 1.82) is 0 Å². The zero-order valence-corrected chi connectivity index (χ0v) is 11.9. The molecule has 0 N–H and O–H groups in total. The number of carbonyl (C=O) groups is 1. The molecule has 0 aliphatic carbocycles. The van der Waals surface area contributed by atoms with Crippen LogP contribution in [-0.2, 0) is 9.22 Å². The molecule has 0 saturated heterocycles. The van der Waals surface area contributed by atoms with Crippen LogP contribution in [0.4, 0.5) is 0 Å². The van der Waals surface area contributed by atoms with E-state index in [9.17, 15) is 4.79 Å². The number of aldehydes is 1. The molecule has 0 unspecified atom stereocenters. The molecule has 0 aromatic carbocycles. The highest BCUT2D eigenvalue weighted by molar-refractivity contribution is 6.74. The number of hydrogen-bond donors (Lipinski definition) is 0. The second-order valence-corrected chi connectivity index (χ2v) is 10.3. The molecule has 88 valence electrons. The third-order valence-corrected chi connectivity index (χ3v) is 7.66. The number of carbonyl (C=O) groups excluding carboxylic acids is 1. The Morgan fingerprint density at radius 3 is 2.27 bits per heavy atom. The predicted octanol–water partition coefficient (Wildman–Crippen LogP) is 3.54. The molecule has 0 aliphatic heterocycles. The van der Waals surface area contributed by atoms with Crippen molar-refractivity contribution >= 4 is 14.6 Å². The first-order chi connectivity index (χ1) is 6.70. The van der Waals surface area contributed by atoms with Crippen molar-refractivity contribution in [3.63, 3.8) is 0 Å². The maximum absolute atomic E-state index is 10.2. The van der Waals surface area contributed by atoms with E-state index in [-0.39, 0.29) is 5.04 Å². The van der Waals surface area contributed by atoms with E-state index in [1.807, 2.05) is 6.92 Å². The Morgan fingerprint density at radius 1 is 1.33 bits per heavy atom. The fourth-order valence-corrected chi connectivity index (χ4v) is 1.93. The van der Waals surface area contributed by atoms with Crippen molar-refractivity contribution in [3.05, 3.63) is 11.6 Å². The first-order valence-electron chi connectivity index (χ1n) is 5.45. The van der Waals surface area contributed by atoms with E-state index in [1.54, 1.807) is 6.08 Å². The Balaban J connectivity index is 4.07. The molecule has 15 heavy (non-hydrogen) atoms. The van der Waals surface area contributed by atoms with Gasteiger partial charge in [-0.3, -0.25) is 4.79 Å². The summed E-state index contributed by atoms with van der Waals surface area (Å²) < 4.78 is 5.99. The van der Waals surface area contributed by atoms with Crippen molar-refractivity contribution in [2.24, 2.45) is 0 Å².